The van der Waals surface area contributed by atoms with Gasteiger partial charge in [-0.2, -0.15) is 0 Å². The number of para-hydroxylation sites is 2. The van der Waals surface area contributed by atoms with Crippen LogP contribution in [0.15, 0.2) is 97.1 Å². The molecule has 148 valence electrons. The summed E-state index contributed by atoms with van der Waals surface area (Å²) in [5, 5.41) is 0. The van der Waals surface area contributed by atoms with Gasteiger partial charge in [-0.15, -0.1) is 0 Å². The Morgan fingerprint density at radius 1 is 0.621 bits per heavy atom. The first-order valence-electron chi connectivity index (χ1n) is 9.62. The molecule has 0 saturated heterocycles. The molecule has 0 aliphatic heterocycles. The molecule has 0 amide bonds. The average Bonchev–Trinajstić information content (AvgIpc) is 3.48. The first-order chi connectivity index (χ1) is 14.3. The molecule has 0 atom stereocenters. The van der Waals surface area contributed by atoms with Gasteiger partial charge in [-0.1, -0.05) is 0 Å². The van der Waals surface area contributed by atoms with Crippen LogP contribution in [0.1, 0.15) is 11.1 Å². The predicted octanol–water partition coefficient (Wildman–Crippen LogP) is 6.90. The zero-order chi connectivity index (χ0) is 20.1. The summed E-state index contributed by atoms with van der Waals surface area (Å²) in [5.74, 6) is 1.01. The zero-order valence-electron chi connectivity index (χ0n) is 15.9. The van der Waals surface area contributed by atoms with Gasteiger partial charge >= 0.3 is 176 Å². The first kappa shape index (κ1) is 20.0. The van der Waals surface area contributed by atoms with Gasteiger partial charge in [-0.25, -0.2) is 0 Å². The number of benzene rings is 2. The molecule has 2 nitrogen and oxygen atoms in total. The van der Waals surface area contributed by atoms with Gasteiger partial charge in [0.2, 0.25) is 0 Å². The van der Waals surface area contributed by atoms with E-state index < -0.39 is 34.5 Å². The Morgan fingerprint density at radius 2 is 1.00 bits per heavy atom. The monoisotopic (exact) mass is 470 g/mol. The van der Waals surface area contributed by atoms with E-state index in [0.29, 0.717) is 22.6 Å². The second-order valence-electron chi connectivity index (χ2n) is 7.00. The summed E-state index contributed by atoms with van der Waals surface area (Å²) in [5.41, 5.74) is 0.987. The fourth-order valence-corrected chi connectivity index (χ4v) is 12.6. The molecule has 0 fully saturated rings. The molecule has 0 radical (unpaired) electrons. The maximum atomic E-state index is 13.7. The summed E-state index contributed by atoms with van der Waals surface area (Å²) in [7, 11) is 0. The summed E-state index contributed by atoms with van der Waals surface area (Å²) >= 11 is -4.19. The van der Waals surface area contributed by atoms with Gasteiger partial charge in [-0.05, 0) is 0 Å². The van der Waals surface area contributed by atoms with Gasteiger partial charge in [0.05, 0.1) is 0 Å². The van der Waals surface area contributed by atoms with Gasteiger partial charge in [-0.3, -0.25) is 0 Å². The molecule has 0 unspecified atom stereocenters. The molecule has 0 bridgehead atoms. The summed E-state index contributed by atoms with van der Waals surface area (Å²) in [6, 6.07) is 14.3. The van der Waals surface area contributed by atoms with Crippen LogP contribution in [-0.2, 0) is 34.5 Å². The molecular formula is C24H22F2O2Zr. The molecule has 2 aromatic carbocycles. The van der Waals surface area contributed by atoms with Crippen LogP contribution in [0.4, 0.5) is 8.78 Å². The van der Waals surface area contributed by atoms with E-state index in [2.05, 4.69) is 24.3 Å². The van der Waals surface area contributed by atoms with Crippen LogP contribution in [-0.4, -0.2) is 0 Å². The molecule has 0 N–H and O–H groups in total. The Kier molecular flexibility index (Phi) is 6.25. The normalized spacial score (nSPS) is 16.1. The van der Waals surface area contributed by atoms with E-state index >= 15 is 0 Å². The van der Waals surface area contributed by atoms with E-state index in [1.54, 1.807) is 36.4 Å². The molecule has 0 saturated carbocycles. The minimum absolute atomic E-state index is 0.0398. The Morgan fingerprint density at radius 3 is 1.38 bits per heavy atom. The van der Waals surface area contributed by atoms with Crippen LogP contribution in [0.2, 0.25) is 7.25 Å². The van der Waals surface area contributed by atoms with Crippen molar-refractivity contribution in [3.63, 3.8) is 0 Å². The van der Waals surface area contributed by atoms with Crippen LogP contribution >= 0.6 is 0 Å². The van der Waals surface area contributed by atoms with E-state index in [1.165, 1.54) is 0 Å². The molecule has 29 heavy (non-hydrogen) atoms. The number of hydrogen-bond donors (Lipinski definition) is 0. The van der Waals surface area contributed by atoms with Gasteiger partial charge in [0.1, 0.15) is 0 Å². The maximum absolute atomic E-state index is 13.7. The number of halogens is 2. The first-order valence-corrected chi connectivity index (χ1v) is 14.5. The second-order valence-corrected chi connectivity index (χ2v) is 14.8. The van der Waals surface area contributed by atoms with Gasteiger partial charge in [0, 0.05) is 0 Å². The summed E-state index contributed by atoms with van der Waals surface area (Å²) in [4.78, 5) is 0. The van der Waals surface area contributed by atoms with Gasteiger partial charge in [0.15, 0.2) is 0 Å². The molecule has 2 aromatic rings. The van der Waals surface area contributed by atoms with Crippen molar-refractivity contribution >= 4 is 0 Å². The van der Waals surface area contributed by atoms with Crippen molar-refractivity contribution in [2.45, 2.75) is 20.6 Å². The Bertz CT molecular complexity index is 877. The molecule has 0 aromatic heterocycles. The third-order valence-electron chi connectivity index (χ3n) is 5.20. The van der Waals surface area contributed by atoms with E-state index in [9.17, 15) is 8.78 Å². The van der Waals surface area contributed by atoms with Crippen molar-refractivity contribution in [2.24, 2.45) is 0 Å². The summed E-state index contributed by atoms with van der Waals surface area (Å²) in [6.07, 6.45) is 16.2. The van der Waals surface area contributed by atoms with E-state index in [-0.39, 0.29) is 7.25 Å². The van der Waals surface area contributed by atoms with E-state index in [0.717, 1.165) is 0 Å². The van der Waals surface area contributed by atoms with Gasteiger partial charge in [0.25, 0.3) is 0 Å². The molecule has 4 rings (SSSR count). The van der Waals surface area contributed by atoms with Crippen molar-refractivity contribution in [1.29, 1.82) is 0 Å². The Labute approximate surface area is 175 Å². The second kappa shape index (κ2) is 9.04. The number of rotatable bonds is 8. The SMILES string of the molecule is FCc1ccccc1[O][Zr]([O]c1ccccc1CF)([CH]1C=CC=C1)[CH]1C=CC=C1. The third-order valence-corrected chi connectivity index (χ3v) is 14.3. The number of allylic oxidation sites excluding steroid dienone is 8. The van der Waals surface area contributed by atoms with Crippen molar-refractivity contribution in [2.75, 3.05) is 0 Å². The topological polar surface area (TPSA) is 18.5 Å². The summed E-state index contributed by atoms with van der Waals surface area (Å²) in [6.45, 7) is -1.24. The fraction of sp³-hybridized carbons (Fsp3) is 0.167. The van der Waals surface area contributed by atoms with E-state index in [1.807, 2.05) is 36.4 Å². The fourth-order valence-electron chi connectivity index (χ4n) is 3.69. The Balaban J connectivity index is 1.84. The van der Waals surface area contributed by atoms with Crippen LogP contribution in [0.25, 0.3) is 0 Å². The standard InChI is InChI=1S/2C7H7FO.2C5H5.Zr/c2*8-5-6-3-1-2-4-7(6)9;2*1-2-4-5-3-1;/h2*1-4,9H,5H2;2*1-5H;/q;;;;+2/p-2. The van der Waals surface area contributed by atoms with Crippen molar-refractivity contribution in [1.82, 2.24) is 0 Å². The predicted molar refractivity (Wildman–Crippen MR) is 108 cm³/mol. The van der Waals surface area contributed by atoms with Crippen LogP contribution in [0.5, 0.6) is 11.5 Å². The van der Waals surface area contributed by atoms with Crippen LogP contribution < -0.4 is 5.63 Å². The molecule has 5 heteroatoms. The van der Waals surface area contributed by atoms with Crippen molar-refractivity contribution in [3.05, 3.63) is 108 Å². The average molecular weight is 472 g/mol. The zero-order valence-corrected chi connectivity index (χ0v) is 18.3. The Hall–Kier alpha value is -2.26. The van der Waals surface area contributed by atoms with Crippen molar-refractivity contribution < 1.29 is 35.6 Å². The van der Waals surface area contributed by atoms with E-state index in [4.69, 9.17) is 5.63 Å². The third kappa shape index (κ3) is 4.07. The molecule has 0 spiro atoms. The molecular weight excluding hydrogens is 449 g/mol. The van der Waals surface area contributed by atoms with Crippen LogP contribution in [0.3, 0.4) is 0 Å². The van der Waals surface area contributed by atoms with Crippen LogP contribution in [0, 0.1) is 0 Å². The molecule has 2 aliphatic carbocycles. The quantitative estimate of drug-likeness (QED) is 0.417. The minimum atomic E-state index is -4.19. The molecule has 2 aliphatic rings. The number of alkyl halides is 2. The van der Waals surface area contributed by atoms with Gasteiger partial charge < -0.3 is 0 Å². The number of hydrogen-bond acceptors (Lipinski definition) is 2. The summed E-state index contributed by atoms with van der Waals surface area (Å²) < 4.78 is 40.7. The van der Waals surface area contributed by atoms with Crippen molar-refractivity contribution in [3.8, 4) is 11.5 Å². The molecule has 0 heterocycles.